The molecule has 0 bridgehead atoms. The maximum Gasteiger partial charge on any atom is 0.255 e. The van der Waals surface area contributed by atoms with Gasteiger partial charge in [0.05, 0.1) is 11.6 Å². The van der Waals surface area contributed by atoms with E-state index < -0.39 is 5.92 Å². The molecule has 2 aliphatic rings. The molecular formula is C30H23N3O5. The van der Waals surface area contributed by atoms with Crippen LogP contribution in [0.25, 0.3) is 0 Å². The highest BCUT2D eigenvalue weighted by Gasteiger charge is 2.32. The van der Waals surface area contributed by atoms with Gasteiger partial charge in [-0.2, -0.15) is 5.10 Å². The van der Waals surface area contributed by atoms with E-state index in [2.05, 4.69) is 15.8 Å². The SMILES string of the molecule is CC(=NNC(=O)C1c2ccccc2Oc2ccccc21)c1cccc(NC(=O)c2ccc3c(c2)OCO3)c1. The van der Waals surface area contributed by atoms with Crippen molar-refractivity contribution >= 4 is 23.2 Å². The molecule has 0 aliphatic carbocycles. The van der Waals surface area contributed by atoms with Gasteiger partial charge in [-0.15, -0.1) is 0 Å². The lowest BCUT2D eigenvalue weighted by Crippen LogP contribution is -2.29. The number of benzene rings is 4. The number of nitrogens with zero attached hydrogens (tertiary/aromatic N) is 1. The Balaban J connectivity index is 1.18. The van der Waals surface area contributed by atoms with Gasteiger partial charge in [0.2, 0.25) is 6.79 Å². The quantitative estimate of drug-likeness (QED) is 0.278. The third-order valence-electron chi connectivity index (χ3n) is 6.45. The van der Waals surface area contributed by atoms with Gasteiger partial charge in [0.25, 0.3) is 11.8 Å². The molecule has 0 atom stereocenters. The van der Waals surface area contributed by atoms with Gasteiger partial charge in [0.15, 0.2) is 11.5 Å². The van der Waals surface area contributed by atoms with Crippen LogP contribution in [0.2, 0.25) is 0 Å². The second kappa shape index (κ2) is 9.74. The van der Waals surface area contributed by atoms with Gasteiger partial charge < -0.3 is 19.5 Å². The number of para-hydroxylation sites is 2. The topological polar surface area (TPSA) is 98.2 Å². The largest absolute Gasteiger partial charge is 0.457 e. The number of hydrogen-bond donors (Lipinski definition) is 2. The fourth-order valence-corrected chi connectivity index (χ4v) is 4.52. The zero-order chi connectivity index (χ0) is 26.1. The molecule has 0 spiro atoms. The maximum absolute atomic E-state index is 13.4. The van der Waals surface area contributed by atoms with E-state index in [4.69, 9.17) is 14.2 Å². The smallest absolute Gasteiger partial charge is 0.255 e. The molecule has 38 heavy (non-hydrogen) atoms. The molecule has 2 N–H and O–H groups in total. The lowest BCUT2D eigenvalue weighted by Gasteiger charge is -2.26. The Labute approximate surface area is 218 Å². The van der Waals surface area contributed by atoms with Crippen molar-refractivity contribution in [3.8, 4) is 23.0 Å². The molecule has 0 saturated carbocycles. The molecule has 0 unspecified atom stereocenters. The van der Waals surface area contributed by atoms with Crippen molar-refractivity contribution in [2.45, 2.75) is 12.8 Å². The molecule has 4 aromatic rings. The fourth-order valence-electron chi connectivity index (χ4n) is 4.52. The van der Waals surface area contributed by atoms with E-state index in [0.29, 0.717) is 40.0 Å². The summed E-state index contributed by atoms with van der Waals surface area (Å²) in [7, 11) is 0. The molecule has 0 aromatic heterocycles. The van der Waals surface area contributed by atoms with E-state index in [1.54, 1.807) is 37.3 Å². The third kappa shape index (κ3) is 4.43. The minimum Gasteiger partial charge on any atom is -0.457 e. The Kier molecular flexibility index (Phi) is 5.97. The van der Waals surface area contributed by atoms with Gasteiger partial charge in [0.1, 0.15) is 11.5 Å². The number of hydrogen-bond acceptors (Lipinski definition) is 6. The van der Waals surface area contributed by atoms with E-state index in [1.807, 2.05) is 60.7 Å². The highest BCUT2D eigenvalue weighted by Crippen LogP contribution is 2.43. The van der Waals surface area contributed by atoms with Crippen LogP contribution in [0.15, 0.2) is 96.1 Å². The minimum absolute atomic E-state index is 0.144. The van der Waals surface area contributed by atoms with Crippen LogP contribution in [0.1, 0.15) is 39.9 Å². The summed E-state index contributed by atoms with van der Waals surface area (Å²) >= 11 is 0. The van der Waals surface area contributed by atoms with Crippen LogP contribution in [-0.4, -0.2) is 24.3 Å². The number of fused-ring (bicyclic) bond motifs is 3. The van der Waals surface area contributed by atoms with Gasteiger partial charge in [0, 0.05) is 22.4 Å². The molecule has 188 valence electrons. The second-order valence-corrected chi connectivity index (χ2v) is 8.89. The summed E-state index contributed by atoms with van der Waals surface area (Å²) in [4.78, 5) is 26.1. The zero-order valence-corrected chi connectivity index (χ0v) is 20.4. The molecule has 6 rings (SSSR count). The molecule has 4 aromatic carbocycles. The highest BCUT2D eigenvalue weighted by atomic mass is 16.7. The lowest BCUT2D eigenvalue weighted by atomic mass is 9.87. The minimum atomic E-state index is -0.556. The number of ether oxygens (including phenoxy) is 3. The number of anilines is 1. The number of carbonyl (C=O) groups is 2. The molecule has 0 saturated heterocycles. The Bertz CT molecular complexity index is 1550. The molecular weight excluding hydrogens is 482 g/mol. The van der Waals surface area contributed by atoms with E-state index in [9.17, 15) is 9.59 Å². The average molecular weight is 506 g/mol. The van der Waals surface area contributed by atoms with Gasteiger partial charge in [-0.3, -0.25) is 9.59 Å². The van der Waals surface area contributed by atoms with E-state index in [0.717, 1.165) is 16.7 Å². The maximum atomic E-state index is 13.4. The van der Waals surface area contributed by atoms with Crippen LogP contribution < -0.4 is 25.0 Å². The van der Waals surface area contributed by atoms with Gasteiger partial charge in [-0.25, -0.2) is 5.43 Å². The van der Waals surface area contributed by atoms with Crippen molar-refractivity contribution < 1.29 is 23.8 Å². The number of rotatable bonds is 5. The highest BCUT2D eigenvalue weighted by molar-refractivity contribution is 6.06. The predicted octanol–water partition coefficient (Wildman–Crippen LogP) is 5.45. The van der Waals surface area contributed by atoms with Crippen molar-refractivity contribution in [2.24, 2.45) is 5.10 Å². The summed E-state index contributed by atoms with van der Waals surface area (Å²) in [6.45, 7) is 1.94. The second-order valence-electron chi connectivity index (χ2n) is 8.89. The van der Waals surface area contributed by atoms with Crippen molar-refractivity contribution in [3.05, 3.63) is 113 Å². The van der Waals surface area contributed by atoms with Crippen LogP contribution in [0.3, 0.4) is 0 Å². The van der Waals surface area contributed by atoms with Crippen molar-refractivity contribution in [1.82, 2.24) is 5.43 Å². The van der Waals surface area contributed by atoms with Crippen LogP contribution in [0.5, 0.6) is 23.0 Å². The number of carbonyl (C=O) groups excluding carboxylic acids is 2. The Morgan fingerprint density at radius 2 is 1.47 bits per heavy atom. The molecule has 0 radical (unpaired) electrons. The van der Waals surface area contributed by atoms with Crippen LogP contribution in [-0.2, 0) is 4.79 Å². The molecule has 8 heteroatoms. The Hall–Kier alpha value is -5.11. The summed E-state index contributed by atoms with van der Waals surface area (Å²) in [5, 5.41) is 7.26. The summed E-state index contributed by atoms with van der Waals surface area (Å²) in [5.74, 6) is 1.36. The molecule has 0 fully saturated rings. The first-order chi connectivity index (χ1) is 18.6. The molecule has 2 heterocycles. The first kappa shape index (κ1) is 23.3. The normalized spacial score (nSPS) is 13.7. The standard InChI is InChI=1S/C30H23N3O5/c1-18(19-7-6-8-21(15-19)31-29(34)20-13-14-26-27(16-20)37-17-36-26)32-33-30(35)28-22-9-2-4-11-24(22)38-25-12-5-3-10-23(25)28/h2-16,28H,17H2,1H3,(H,31,34)(H,33,35). The first-order valence-electron chi connectivity index (χ1n) is 12.1. The van der Waals surface area contributed by atoms with Gasteiger partial charge in [-0.1, -0.05) is 48.5 Å². The Morgan fingerprint density at radius 3 is 2.24 bits per heavy atom. The molecule has 2 aliphatic heterocycles. The summed E-state index contributed by atoms with van der Waals surface area (Å²) < 4.78 is 16.7. The third-order valence-corrected chi connectivity index (χ3v) is 6.45. The summed E-state index contributed by atoms with van der Waals surface area (Å²) in [5.41, 5.74) is 6.68. The fraction of sp³-hybridized carbons (Fsp3) is 0.100. The van der Waals surface area contributed by atoms with Crippen LogP contribution >= 0.6 is 0 Å². The van der Waals surface area contributed by atoms with Crippen molar-refractivity contribution in [2.75, 3.05) is 12.1 Å². The van der Waals surface area contributed by atoms with Gasteiger partial charge >= 0.3 is 0 Å². The summed E-state index contributed by atoms with van der Waals surface area (Å²) in [6, 6.07) is 27.3. The monoisotopic (exact) mass is 505 g/mol. The van der Waals surface area contributed by atoms with E-state index in [-0.39, 0.29) is 18.6 Å². The van der Waals surface area contributed by atoms with E-state index in [1.165, 1.54) is 0 Å². The Morgan fingerprint density at radius 1 is 0.763 bits per heavy atom. The summed E-state index contributed by atoms with van der Waals surface area (Å²) in [6.07, 6.45) is 0. The number of amides is 2. The van der Waals surface area contributed by atoms with E-state index >= 15 is 0 Å². The van der Waals surface area contributed by atoms with Gasteiger partial charge in [-0.05, 0) is 55.0 Å². The first-order valence-corrected chi connectivity index (χ1v) is 12.1. The number of hydrazone groups is 1. The molecule has 8 nitrogen and oxygen atoms in total. The van der Waals surface area contributed by atoms with Crippen molar-refractivity contribution in [1.29, 1.82) is 0 Å². The van der Waals surface area contributed by atoms with Crippen molar-refractivity contribution in [3.63, 3.8) is 0 Å². The molecule has 2 amide bonds. The number of nitrogens with one attached hydrogen (secondary N) is 2. The predicted molar refractivity (Wildman–Crippen MR) is 142 cm³/mol. The lowest BCUT2D eigenvalue weighted by molar-refractivity contribution is -0.121. The average Bonchev–Trinajstić information content (AvgIpc) is 3.42. The zero-order valence-electron chi connectivity index (χ0n) is 20.4. The van der Waals surface area contributed by atoms with Crippen LogP contribution in [0, 0.1) is 0 Å². The van der Waals surface area contributed by atoms with Crippen LogP contribution in [0.4, 0.5) is 5.69 Å².